The van der Waals surface area contributed by atoms with Crippen molar-refractivity contribution in [1.82, 2.24) is 19.7 Å². The Bertz CT molecular complexity index is 1370. The van der Waals surface area contributed by atoms with Gasteiger partial charge in [0.2, 0.25) is 0 Å². The molecule has 0 saturated heterocycles. The number of hydrogen-bond acceptors (Lipinski definition) is 7. The predicted molar refractivity (Wildman–Crippen MR) is 134 cm³/mol. The first kappa shape index (κ1) is 21.2. The molecule has 0 unspecified atom stereocenters. The van der Waals surface area contributed by atoms with E-state index in [1.54, 1.807) is 23.1 Å². The second-order valence-corrected chi connectivity index (χ2v) is 10.3. The molecule has 0 aliphatic carbocycles. The number of Topliss-reactive ketones (excluding diaryl/α,β-unsaturated/α-hetero) is 1. The lowest BCUT2D eigenvalue weighted by Crippen LogP contribution is -2.06. The number of nitrogens with zero attached hydrogens (tertiary/aromatic N) is 4. The molecule has 0 saturated carbocycles. The third-order valence-corrected chi connectivity index (χ3v) is 8.27. The maximum atomic E-state index is 12.9. The van der Waals surface area contributed by atoms with Crippen molar-refractivity contribution < 1.29 is 4.79 Å². The Labute approximate surface area is 198 Å². The van der Waals surface area contributed by atoms with Gasteiger partial charge in [0.1, 0.15) is 5.82 Å². The molecule has 8 heteroatoms. The summed E-state index contributed by atoms with van der Waals surface area (Å²) in [6, 6.07) is 22.0. The van der Waals surface area contributed by atoms with Gasteiger partial charge in [-0.25, -0.2) is 4.98 Å². The van der Waals surface area contributed by atoms with E-state index in [2.05, 4.69) is 32.7 Å². The molecule has 0 atom stereocenters. The maximum absolute atomic E-state index is 12.9. The number of thiazole rings is 1. The van der Waals surface area contributed by atoms with Crippen molar-refractivity contribution in [2.24, 2.45) is 0 Å². The number of thioether (sulfide) groups is 2. The van der Waals surface area contributed by atoms with Crippen molar-refractivity contribution in [2.45, 2.75) is 28.7 Å². The number of para-hydroxylation sites is 1. The SMILES string of the molecule is CCn1c(CSc2nc3ccccc3s2)nnc1SCC(=O)c1cccc2ccccc12. The average Bonchev–Trinajstić information content (AvgIpc) is 3.43. The van der Waals surface area contributed by atoms with Crippen molar-refractivity contribution >= 4 is 61.6 Å². The fourth-order valence-corrected chi connectivity index (χ4v) is 6.48. The topological polar surface area (TPSA) is 60.7 Å². The van der Waals surface area contributed by atoms with Crippen LogP contribution in [0.1, 0.15) is 23.1 Å². The summed E-state index contributed by atoms with van der Waals surface area (Å²) in [6.07, 6.45) is 0. The van der Waals surface area contributed by atoms with Crippen molar-refractivity contribution in [3.8, 4) is 0 Å². The van der Waals surface area contributed by atoms with E-state index >= 15 is 0 Å². The summed E-state index contributed by atoms with van der Waals surface area (Å²) in [5.74, 6) is 2.02. The minimum absolute atomic E-state index is 0.0999. The Morgan fingerprint density at radius 2 is 1.78 bits per heavy atom. The number of hydrogen-bond donors (Lipinski definition) is 0. The Balaban J connectivity index is 1.28. The highest BCUT2D eigenvalue weighted by Gasteiger charge is 2.16. The summed E-state index contributed by atoms with van der Waals surface area (Å²) in [6.45, 7) is 2.83. The van der Waals surface area contributed by atoms with Crippen LogP contribution >= 0.6 is 34.9 Å². The van der Waals surface area contributed by atoms with Gasteiger partial charge in [-0.1, -0.05) is 78.1 Å². The summed E-state index contributed by atoms with van der Waals surface area (Å²) in [4.78, 5) is 17.6. The van der Waals surface area contributed by atoms with Crippen molar-refractivity contribution in [2.75, 3.05) is 5.75 Å². The fraction of sp³-hybridized carbons (Fsp3) is 0.167. The van der Waals surface area contributed by atoms with E-state index in [-0.39, 0.29) is 5.78 Å². The molecule has 160 valence electrons. The van der Waals surface area contributed by atoms with Crippen molar-refractivity contribution in [1.29, 1.82) is 0 Å². The molecule has 3 aromatic carbocycles. The molecule has 32 heavy (non-hydrogen) atoms. The van der Waals surface area contributed by atoms with E-state index in [9.17, 15) is 4.79 Å². The number of benzene rings is 3. The van der Waals surface area contributed by atoms with E-state index in [1.165, 1.54) is 16.5 Å². The summed E-state index contributed by atoms with van der Waals surface area (Å²) >= 11 is 4.81. The van der Waals surface area contributed by atoms with Crippen LogP contribution in [0.2, 0.25) is 0 Å². The molecule has 0 aliphatic rings. The number of aromatic nitrogens is 4. The van der Waals surface area contributed by atoms with Crippen LogP contribution in [0.5, 0.6) is 0 Å². The van der Waals surface area contributed by atoms with Crippen LogP contribution in [0.4, 0.5) is 0 Å². The molecule has 0 N–H and O–H groups in total. The lowest BCUT2D eigenvalue weighted by molar-refractivity contribution is 0.102. The standard InChI is InChI=1S/C24H20N4OS3/c1-2-28-22(15-31-24-25-19-12-5-6-13-21(19)32-24)26-27-23(28)30-14-20(29)18-11-7-9-16-8-3-4-10-17(16)18/h3-13H,2,14-15H2,1H3. The van der Waals surface area contributed by atoms with E-state index < -0.39 is 0 Å². The molecular formula is C24H20N4OS3. The van der Waals surface area contributed by atoms with E-state index in [1.807, 2.05) is 60.7 Å². The van der Waals surface area contributed by atoms with Gasteiger partial charge in [0.25, 0.3) is 0 Å². The second kappa shape index (κ2) is 9.44. The maximum Gasteiger partial charge on any atom is 0.191 e. The number of carbonyl (C=O) groups excluding carboxylic acids is 1. The Morgan fingerprint density at radius 1 is 0.969 bits per heavy atom. The van der Waals surface area contributed by atoms with Crippen LogP contribution in [0.25, 0.3) is 21.0 Å². The molecule has 2 aromatic heterocycles. The monoisotopic (exact) mass is 476 g/mol. The van der Waals surface area contributed by atoms with Crippen LogP contribution in [-0.2, 0) is 12.3 Å². The van der Waals surface area contributed by atoms with E-state index in [4.69, 9.17) is 0 Å². The number of ketones is 1. The molecule has 0 spiro atoms. The summed E-state index contributed by atoms with van der Waals surface area (Å²) in [5, 5.41) is 11.6. The molecular weight excluding hydrogens is 456 g/mol. The third kappa shape index (κ3) is 4.30. The molecule has 2 heterocycles. The molecule has 5 nitrogen and oxygen atoms in total. The summed E-state index contributed by atoms with van der Waals surface area (Å²) in [5.41, 5.74) is 1.78. The first-order valence-corrected chi connectivity index (χ1v) is 13.1. The smallest absolute Gasteiger partial charge is 0.191 e. The van der Waals surface area contributed by atoms with Gasteiger partial charge in [0.15, 0.2) is 15.3 Å². The molecule has 0 aliphatic heterocycles. The highest BCUT2D eigenvalue weighted by Crippen LogP contribution is 2.32. The Hall–Kier alpha value is -2.68. The minimum atomic E-state index is 0.0999. The predicted octanol–water partition coefficient (Wildman–Crippen LogP) is 6.33. The number of fused-ring (bicyclic) bond motifs is 2. The van der Waals surface area contributed by atoms with E-state index in [0.717, 1.165) is 43.7 Å². The van der Waals surface area contributed by atoms with Crippen molar-refractivity contribution in [3.63, 3.8) is 0 Å². The zero-order valence-electron chi connectivity index (χ0n) is 17.4. The van der Waals surface area contributed by atoms with Gasteiger partial charge in [-0.3, -0.25) is 4.79 Å². The fourth-order valence-electron chi connectivity index (χ4n) is 3.57. The lowest BCUT2D eigenvalue weighted by atomic mass is 10.0. The van der Waals surface area contributed by atoms with Crippen LogP contribution in [0.3, 0.4) is 0 Å². The van der Waals surface area contributed by atoms with Gasteiger partial charge in [0.05, 0.1) is 21.7 Å². The van der Waals surface area contributed by atoms with Crippen molar-refractivity contribution in [3.05, 3.63) is 78.1 Å². The van der Waals surface area contributed by atoms with Crippen LogP contribution in [0.15, 0.2) is 76.2 Å². The molecule has 0 fully saturated rings. The molecule has 5 aromatic rings. The highest BCUT2D eigenvalue weighted by atomic mass is 32.2. The highest BCUT2D eigenvalue weighted by molar-refractivity contribution is 8.00. The molecule has 0 amide bonds. The van der Waals surface area contributed by atoms with Gasteiger partial charge in [-0.2, -0.15) is 0 Å². The lowest BCUT2D eigenvalue weighted by Gasteiger charge is -2.08. The Morgan fingerprint density at radius 3 is 2.66 bits per heavy atom. The zero-order chi connectivity index (χ0) is 21.9. The molecule has 0 bridgehead atoms. The van der Waals surface area contributed by atoms with Crippen LogP contribution in [0, 0.1) is 0 Å². The van der Waals surface area contributed by atoms with Crippen LogP contribution < -0.4 is 0 Å². The molecule has 5 rings (SSSR count). The third-order valence-electron chi connectivity index (χ3n) is 5.13. The van der Waals surface area contributed by atoms with Gasteiger partial charge < -0.3 is 4.57 Å². The normalized spacial score (nSPS) is 11.4. The van der Waals surface area contributed by atoms with E-state index in [0.29, 0.717) is 11.5 Å². The van der Waals surface area contributed by atoms with Crippen LogP contribution in [-0.4, -0.2) is 31.3 Å². The average molecular weight is 477 g/mol. The first-order chi connectivity index (χ1) is 15.7. The Kier molecular flexibility index (Phi) is 6.25. The number of rotatable bonds is 8. The first-order valence-electron chi connectivity index (χ1n) is 10.3. The van der Waals surface area contributed by atoms with Gasteiger partial charge in [-0.15, -0.1) is 21.5 Å². The molecule has 0 radical (unpaired) electrons. The quantitative estimate of drug-likeness (QED) is 0.193. The van der Waals surface area contributed by atoms with Gasteiger partial charge in [-0.05, 0) is 29.8 Å². The summed E-state index contributed by atoms with van der Waals surface area (Å²) < 4.78 is 4.30. The number of carbonyl (C=O) groups is 1. The van der Waals surface area contributed by atoms with Gasteiger partial charge in [0, 0.05) is 12.1 Å². The van der Waals surface area contributed by atoms with Gasteiger partial charge >= 0.3 is 0 Å². The second-order valence-electron chi connectivity index (χ2n) is 7.12. The zero-order valence-corrected chi connectivity index (χ0v) is 19.8. The largest absolute Gasteiger partial charge is 0.306 e. The minimum Gasteiger partial charge on any atom is -0.306 e. The summed E-state index contributed by atoms with van der Waals surface area (Å²) in [7, 11) is 0.